The van der Waals surface area contributed by atoms with Crippen LogP contribution in [0.25, 0.3) is 0 Å². The molecule has 1 atom stereocenters. The number of phenolic OH excluding ortho intramolecular Hbond substituents is 1. The van der Waals surface area contributed by atoms with E-state index in [0.717, 1.165) is 6.54 Å². The monoisotopic (exact) mass is 234 g/mol. The minimum atomic E-state index is -0.106. The highest BCUT2D eigenvalue weighted by Gasteiger charge is 2.21. The lowest BCUT2D eigenvalue weighted by molar-refractivity contribution is 0.0759. The molecule has 90 valence electrons. The van der Waals surface area contributed by atoms with Crippen LogP contribution in [0.2, 0.25) is 0 Å². The Labute approximate surface area is 99.6 Å². The van der Waals surface area contributed by atoms with Crippen LogP contribution in [0.5, 0.6) is 11.5 Å². The zero-order valence-corrected chi connectivity index (χ0v) is 9.56. The standard InChI is InChI=1S/C12H14N2O3/c1-16-11-5-8(6-13)4-9(12(11)15)10-7-17-3-2-14-10/h4-5,10,14-15H,2-3,7H2,1H3/t10-/m1/s1. The lowest BCUT2D eigenvalue weighted by Crippen LogP contribution is -2.34. The van der Waals surface area contributed by atoms with E-state index in [4.69, 9.17) is 14.7 Å². The van der Waals surface area contributed by atoms with Gasteiger partial charge in [0.2, 0.25) is 0 Å². The molecule has 1 fully saturated rings. The second kappa shape index (κ2) is 5.04. The molecule has 5 heteroatoms. The van der Waals surface area contributed by atoms with Crippen LogP contribution in [0, 0.1) is 11.3 Å². The van der Waals surface area contributed by atoms with Crippen molar-refractivity contribution in [2.24, 2.45) is 0 Å². The molecule has 0 aromatic heterocycles. The van der Waals surface area contributed by atoms with E-state index in [1.165, 1.54) is 13.2 Å². The van der Waals surface area contributed by atoms with Crippen molar-refractivity contribution >= 4 is 0 Å². The number of morpholine rings is 1. The number of methoxy groups -OCH3 is 1. The summed E-state index contributed by atoms with van der Waals surface area (Å²) in [5.41, 5.74) is 1.10. The first-order valence-electron chi connectivity index (χ1n) is 5.38. The summed E-state index contributed by atoms with van der Waals surface area (Å²) >= 11 is 0. The number of nitrogens with zero attached hydrogens (tertiary/aromatic N) is 1. The molecule has 1 aliphatic rings. The predicted molar refractivity (Wildman–Crippen MR) is 60.9 cm³/mol. The fourth-order valence-corrected chi connectivity index (χ4v) is 1.88. The molecule has 2 rings (SSSR count). The maximum atomic E-state index is 10.0. The molecule has 1 aromatic rings. The Balaban J connectivity index is 2.40. The van der Waals surface area contributed by atoms with Gasteiger partial charge in [-0.3, -0.25) is 0 Å². The molecule has 5 nitrogen and oxygen atoms in total. The van der Waals surface area contributed by atoms with E-state index in [0.29, 0.717) is 30.1 Å². The first kappa shape index (κ1) is 11.7. The second-order valence-electron chi connectivity index (χ2n) is 3.81. The smallest absolute Gasteiger partial charge is 0.162 e. The summed E-state index contributed by atoms with van der Waals surface area (Å²) in [5.74, 6) is 0.376. The third-order valence-corrected chi connectivity index (χ3v) is 2.75. The van der Waals surface area contributed by atoms with Crippen molar-refractivity contribution in [3.63, 3.8) is 0 Å². The molecule has 1 aromatic carbocycles. The molecule has 0 bridgehead atoms. The summed E-state index contributed by atoms with van der Waals surface area (Å²) in [6, 6.07) is 5.12. The molecule has 1 saturated heterocycles. The molecule has 0 spiro atoms. The third kappa shape index (κ3) is 2.33. The van der Waals surface area contributed by atoms with Crippen LogP contribution in [0.15, 0.2) is 12.1 Å². The molecule has 0 radical (unpaired) electrons. The van der Waals surface area contributed by atoms with Gasteiger partial charge in [0, 0.05) is 18.2 Å². The summed E-state index contributed by atoms with van der Waals surface area (Å²) in [6.45, 7) is 1.86. The number of ether oxygens (including phenoxy) is 2. The Morgan fingerprint density at radius 2 is 2.41 bits per heavy atom. The summed E-state index contributed by atoms with van der Waals surface area (Å²) in [4.78, 5) is 0. The number of benzene rings is 1. The van der Waals surface area contributed by atoms with Crippen LogP contribution in [0.1, 0.15) is 17.2 Å². The van der Waals surface area contributed by atoms with E-state index >= 15 is 0 Å². The number of rotatable bonds is 2. The van der Waals surface area contributed by atoms with Crippen LogP contribution < -0.4 is 10.1 Å². The van der Waals surface area contributed by atoms with Gasteiger partial charge < -0.3 is 19.9 Å². The number of nitrogens with one attached hydrogen (secondary N) is 1. The van der Waals surface area contributed by atoms with E-state index in [2.05, 4.69) is 5.32 Å². The van der Waals surface area contributed by atoms with Crippen molar-refractivity contribution in [2.45, 2.75) is 6.04 Å². The summed E-state index contributed by atoms with van der Waals surface area (Å²) in [5, 5.41) is 22.2. The maximum Gasteiger partial charge on any atom is 0.162 e. The van der Waals surface area contributed by atoms with Crippen molar-refractivity contribution in [2.75, 3.05) is 26.9 Å². The van der Waals surface area contributed by atoms with Gasteiger partial charge in [-0.15, -0.1) is 0 Å². The molecule has 0 amide bonds. The van der Waals surface area contributed by atoms with Crippen molar-refractivity contribution in [1.29, 1.82) is 5.26 Å². The van der Waals surface area contributed by atoms with E-state index < -0.39 is 0 Å². The predicted octanol–water partition coefficient (Wildman–Crippen LogP) is 0.933. The largest absolute Gasteiger partial charge is 0.504 e. The van der Waals surface area contributed by atoms with Gasteiger partial charge in [-0.1, -0.05) is 0 Å². The van der Waals surface area contributed by atoms with E-state index in [9.17, 15) is 5.11 Å². The maximum absolute atomic E-state index is 10.0. The van der Waals surface area contributed by atoms with Gasteiger partial charge in [0.1, 0.15) is 0 Å². The minimum absolute atomic E-state index is 0.0644. The van der Waals surface area contributed by atoms with Crippen molar-refractivity contribution in [3.05, 3.63) is 23.3 Å². The van der Waals surface area contributed by atoms with Crippen LogP contribution in [-0.2, 0) is 4.74 Å². The lowest BCUT2D eigenvalue weighted by Gasteiger charge is -2.25. The molecule has 1 aliphatic heterocycles. The number of aromatic hydroxyl groups is 1. The second-order valence-corrected chi connectivity index (χ2v) is 3.81. The molecule has 1 heterocycles. The van der Waals surface area contributed by atoms with Crippen LogP contribution in [-0.4, -0.2) is 32.0 Å². The Bertz CT molecular complexity index is 448. The average molecular weight is 234 g/mol. The van der Waals surface area contributed by atoms with Crippen molar-refractivity contribution in [1.82, 2.24) is 5.32 Å². The highest BCUT2D eigenvalue weighted by molar-refractivity contribution is 5.53. The average Bonchev–Trinajstić information content (AvgIpc) is 2.40. The molecule has 0 aliphatic carbocycles. The zero-order valence-electron chi connectivity index (χ0n) is 9.56. The van der Waals surface area contributed by atoms with Gasteiger partial charge in [0.25, 0.3) is 0 Å². The normalized spacial score (nSPS) is 19.6. The number of phenols is 1. The van der Waals surface area contributed by atoms with Gasteiger partial charge in [0.05, 0.1) is 38.0 Å². The fraction of sp³-hybridized carbons (Fsp3) is 0.417. The number of nitriles is 1. The molecule has 17 heavy (non-hydrogen) atoms. The lowest BCUT2D eigenvalue weighted by atomic mass is 10.0. The minimum Gasteiger partial charge on any atom is -0.504 e. The first-order valence-corrected chi connectivity index (χ1v) is 5.38. The van der Waals surface area contributed by atoms with E-state index in [1.54, 1.807) is 6.07 Å². The fourth-order valence-electron chi connectivity index (χ4n) is 1.88. The highest BCUT2D eigenvalue weighted by Crippen LogP contribution is 2.35. The molecular formula is C12H14N2O3. The van der Waals surface area contributed by atoms with Gasteiger partial charge in [-0.2, -0.15) is 5.26 Å². The van der Waals surface area contributed by atoms with Gasteiger partial charge in [-0.05, 0) is 6.07 Å². The summed E-state index contributed by atoms with van der Waals surface area (Å²) in [6.07, 6.45) is 0. The van der Waals surface area contributed by atoms with E-state index in [-0.39, 0.29) is 11.8 Å². The Morgan fingerprint density at radius 1 is 1.59 bits per heavy atom. The molecule has 2 N–H and O–H groups in total. The number of hydrogen-bond acceptors (Lipinski definition) is 5. The quantitative estimate of drug-likeness (QED) is 0.796. The van der Waals surface area contributed by atoms with Crippen LogP contribution in [0.3, 0.4) is 0 Å². The SMILES string of the molecule is COc1cc(C#N)cc([C@H]2COCCN2)c1O. The van der Waals surface area contributed by atoms with Crippen molar-refractivity contribution < 1.29 is 14.6 Å². The third-order valence-electron chi connectivity index (χ3n) is 2.75. The van der Waals surface area contributed by atoms with Crippen LogP contribution in [0.4, 0.5) is 0 Å². The summed E-state index contributed by atoms with van der Waals surface area (Å²) < 4.78 is 10.4. The molecular weight excluding hydrogens is 220 g/mol. The highest BCUT2D eigenvalue weighted by atomic mass is 16.5. The first-order chi connectivity index (χ1) is 8.26. The van der Waals surface area contributed by atoms with Crippen molar-refractivity contribution in [3.8, 4) is 17.6 Å². The van der Waals surface area contributed by atoms with Gasteiger partial charge in [-0.25, -0.2) is 0 Å². The Hall–Kier alpha value is -1.77. The Morgan fingerprint density at radius 3 is 3.00 bits per heavy atom. The van der Waals surface area contributed by atoms with Crippen LogP contribution >= 0.6 is 0 Å². The topological polar surface area (TPSA) is 74.5 Å². The molecule has 0 unspecified atom stereocenters. The summed E-state index contributed by atoms with van der Waals surface area (Å²) in [7, 11) is 1.46. The van der Waals surface area contributed by atoms with E-state index in [1.807, 2.05) is 6.07 Å². The molecule has 0 saturated carbocycles. The Kier molecular flexibility index (Phi) is 3.47. The van der Waals surface area contributed by atoms with Gasteiger partial charge >= 0.3 is 0 Å². The number of hydrogen-bond donors (Lipinski definition) is 2. The zero-order chi connectivity index (χ0) is 12.3. The van der Waals surface area contributed by atoms with Gasteiger partial charge in [0.15, 0.2) is 11.5 Å².